The Morgan fingerprint density at radius 2 is 2.00 bits per heavy atom. The maximum atomic E-state index is 12.3. The molecule has 5 heteroatoms. The van der Waals surface area contributed by atoms with Crippen molar-refractivity contribution in [1.82, 2.24) is 5.32 Å². The van der Waals surface area contributed by atoms with Crippen LogP contribution in [-0.4, -0.2) is 40.7 Å². The lowest BCUT2D eigenvalue weighted by Gasteiger charge is -2.32. The lowest BCUT2D eigenvalue weighted by atomic mass is 9.91. The van der Waals surface area contributed by atoms with E-state index in [0.29, 0.717) is 6.54 Å². The van der Waals surface area contributed by atoms with E-state index in [1.54, 1.807) is 11.8 Å². The highest BCUT2D eigenvalue weighted by Gasteiger charge is 2.32. The first kappa shape index (κ1) is 19.3. The van der Waals surface area contributed by atoms with Crippen LogP contribution in [0.4, 0.5) is 0 Å². The molecule has 0 radical (unpaired) electrons. The van der Waals surface area contributed by atoms with E-state index in [4.69, 9.17) is 5.73 Å². The molecule has 3 N–H and O–H groups in total. The highest BCUT2D eigenvalue weighted by molar-refractivity contribution is 7.98. The van der Waals surface area contributed by atoms with E-state index < -0.39 is 5.54 Å². The van der Waals surface area contributed by atoms with Crippen molar-refractivity contribution in [3.8, 4) is 0 Å². The van der Waals surface area contributed by atoms with Crippen LogP contribution in [0.25, 0.3) is 0 Å². The Labute approximate surface area is 128 Å². The molecule has 0 aromatic heterocycles. The zero-order valence-corrected chi connectivity index (χ0v) is 14.7. The maximum absolute atomic E-state index is 12.3. The largest absolute Gasteiger partial charge is 0.321 e. The number of carbonyl (C=O) groups excluding carboxylic acids is 1. The van der Waals surface area contributed by atoms with E-state index in [1.165, 1.54) is 0 Å². The van der Waals surface area contributed by atoms with Crippen molar-refractivity contribution in [3.63, 3.8) is 0 Å². The van der Waals surface area contributed by atoms with Crippen LogP contribution in [0.5, 0.6) is 0 Å². The number of nitrogens with one attached hydrogen (secondary N) is 1. The van der Waals surface area contributed by atoms with Gasteiger partial charge in [-0.1, -0.05) is 13.3 Å². The zero-order valence-electron chi connectivity index (χ0n) is 13.0. The summed E-state index contributed by atoms with van der Waals surface area (Å²) in [6.07, 6.45) is 4.87. The molecular formula is C14H30N2OS2. The molecule has 0 aromatic carbocycles. The predicted molar refractivity (Wildman–Crippen MR) is 90.4 cm³/mol. The van der Waals surface area contributed by atoms with Gasteiger partial charge < -0.3 is 11.1 Å². The molecule has 19 heavy (non-hydrogen) atoms. The summed E-state index contributed by atoms with van der Waals surface area (Å²) >= 11 is 6.36. The molecular weight excluding hydrogens is 276 g/mol. The van der Waals surface area contributed by atoms with Crippen LogP contribution in [0.2, 0.25) is 0 Å². The number of Topliss-reactive ketones (excluding diaryl/α,β-unsaturated/α-hetero) is 1. The zero-order chi connectivity index (χ0) is 15.1. The molecule has 0 aromatic rings. The third-order valence-corrected chi connectivity index (χ3v) is 4.31. The number of thiol groups is 1. The molecule has 0 bridgehead atoms. The minimum Gasteiger partial charge on any atom is -0.321 e. The standard InChI is InChI=1S/C14H30N2OS2/c1-6-8-14(4,18)10-16-13(2,3)12(17)11(15)7-9-19-5/h11,16,18H,6-10,15H2,1-5H3. The van der Waals surface area contributed by atoms with Gasteiger partial charge in [0.25, 0.3) is 0 Å². The van der Waals surface area contributed by atoms with Crippen molar-refractivity contribution >= 4 is 30.2 Å². The Morgan fingerprint density at radius 3 is 2.47 bits per heavy atom. The van der Waals surface area contributed by atoms with Gasteiger partial charge in [0.05, 0.1) is 11.6 Å². The van der Waals surface area contributed by atoms with Gasteiger partial charge >= 0.3 is 0 Å². The summed E-state index contributed by atoms with van der Waals surface area (Å²) in [5.41, 5.74) is 5.38. The fourth-order valence-corrected chi connectivity index (χ4v) is 2.76. The number of rotatable bonds is 10. The molecule has 2 atom stereocenters. The smallest absolute Gasteiger partial charge is 0.168 e. The second-order valence-corrected chi connectivity index (χ2v) is 8.04. The fourth-order valence-electron chi connectivity index (χ4n) is 1.96. The molecule has 0 aliphatic rings. The van der Waals surface area contributed by atoms with Crippen molar-refractivity contribution in [2.75, 3.05) is 18.6 Å². The third kappa shape index (κ3) is 7.59. The summed E-state index contributed by atoms with van der Waals surface area (Å²) in [6, 6.07) is -0.382. The molecule has 0 heterocycles. The first-order valence-electron chi connectivity index (χ1n) is 6.92. The van der Waals surface area contributed by atoms with E-state index in [0.717, 1.165) is 25.0 Å². The summed E-state index contributed by atoms with van der Waals surface area (Å²) < 4.78 is -0.0876. The quantitative estimate of drug-likeness (QED) is 0.543. The Balaban J connectivity index is 4.40. The van der Waals surface area contributed by atoms with Gasteiger partial charge in [0.1, 0.15) is 0 Å². The molecule has 0 saturated carbocycles. The van der Waals surface area contributed by atoms with E-state index in [1.807, 2.05) is 20.1 Å². The molecule has 0 aliphatic carbocycles. The first-order chi connectivity index (χ1) is 8.66. The Kier molecular flexibility index (Phi) is 8.68. The van der Waals surface area contributed by atoms with Crippen LogP contribution >= 0.6 is 24.4 Å². The van der Waals surface area contributed by atoms with Gasteiger partial charge in [0.15, 0.2) is 5.78 Å². The lowest BCUT2D eigenvalue weighted by Crippen LogP contribution is -2.56. The number of thioether (sulfide) groups is 1. The van der Waals surface area contributed by atoms with Crippen LogP contribution in [0, 0.1) is 0 Å². The fraction of sp³-hybridized carbons (Fsp3) is 0.929. The topological polar surface area (TPSA) is 55.1 Å². The Bertz CT molecular complexity index is 281. The summed E-state index contributed by atoms with van der Waals surface area (Å²) in [7, 11) is 0. The van der Waals surface area contributed by atoms with Gasteiger partial charge in [-0.2, -0.15) is 24.4 Å². The molecule has 114 valence electrons. The number of ketones is 1. The maximum Gasteiger partial charge on any atom is 0.168 e. The number of carbonyl (C=O) groups is 1. The van der Waals surface area contributed by atoms with E-state index in [-0.39, 0.29) is 16.6 Å². The minimum atomic E-state index is -0.588. The summed E-state index contributed by atoms with van der Waals surface area (Å²) in [4.78, 5) is 12.3. The van der Waals surface area contributed by atoms with Gasteiger partial charge in [-0.25, -0.2) is 0 Å². The molecule has 0 amide bonds. The number of nitrogens with two attached hydrogens (primary N) is 1. The van der Waals surface area contributed by atoms with Crippen molar-refractivity contribution in [2.45, 2.75) is 63.3 Å². The molecule has 0 saturated heterocycles. The number of hydrogen-bond donors (Lipinski definition) is 3. The SMILES string of the molecule is CCCC(C)(S)CNC(C)(C)C(=O)C(N)CCSC. The molecule has 2 unspecified atom stereocenters. The summed E-state index contributed by atoms with van der Waals surface area (Å²) in [5, 5.41) is 3.33. The first-order valence-corrected chi connectivity index (χ1v) is 8.76. The normalized spacial score (nSPS) is 17.0. The minimum absolute atomic E-state index is 0.0854. The van der Waals surface area contributed by atoms with Crippen molar-refractivity contribution in [2.24, 2.45) is 5.73 Å². The lowest BCUT2D eigenvalue weighted by molar-refractivity contribution is -0.125. The molecule has 0 fully saturated rings. The second kappa shape index (κ2) is 8.55. The van der Waals surface area contributed by atoms with Crippen LogP contribution in [0.3, 0.4) is 0 Å². The van der Waals surface area contributed by atoms with Crippen LogP contribution in [0.15, 0.2) is 0 Å². The van der Waals surface area contributed by atoms with E-state index in [2.05, 4.69) is 31.8 Å². The second-order valence-electron chi connectivity index (χ2n) is 5.98. The summed E-state index contributed by atoms with van der Waals surface area (Å²) in [6.45, 7) is 8.76. The van der Waals surface area contributed by atoms with Crippen LogP contribution < -0.4 is 11.1 Å². The summed E-state index contributed by atoms with van der Waals surface area (Å²) in [5.74, 6) is 1.01. The van der Waals surface area contributed by atoms with E-state index >= 15 is 0 Å². The van der Waals surface area contributed by atoms with Crippen molar-refractivity contribution < 1.29 is 4.79 Å². The van der Waals surface area contributed by atoms with Crippen molar-refractivity contribution in [3.05, 3.63) is 0 Å². The van der Waals surface area contributed by atoms with Crippen molar-refractivity contribution in [1.29, 1.82) is 0 Å². The van der Waals surface area contributed by atoms with Gasteiger partial charge in [-0.15, -0.1) is 0 Å². The predicted octanol–water partition coefficient (Wildman–Crippen LogP) is 2.49. The average molecular weight is 307 g/mol. The van der Waals surface area contributed by atoms with Crippen LogP contribution in [-0.2, 0) is 4.79 Å². The monoisotopic (exact) mass is 306 g/mol. The average Bonchev–Trinajstić information content (AvgIpc) is 2.33. The van der Waals surface area contributed by atoms with Gasteiger partial charge in [0, 0.05) is 11.3 Å². The van der Waals surface area contributed by atoms with Gasteiger partial charge in [-0.05, 0) is 45.6 Å². The highest BCUT2D eigenvalue weighted by Crippen LogP contribution is 2.21. The van der Waals surface area contributed by atoms with Gasteiger partial charge in [-0.3, -0.25) is 4.79 Å². The van der Waals surface area contributed by atoms with Crippen LogP contribution in [0.1, 0.15) is 47.0 Å². The highest BCUT2D eigenvalue weighted by atomic mass is 32.2. The molecule has 0 aliphatic heterocycles. The van der Waals surface area contributed by atoms with Gasteiger partial charge in [0.2, 0.25) is 0 Å². The molecule has 0 spiro atoms. The van der Waals surface area contributed by atoms with E-state index in [9.17, 15) is 4.79 Å². The number of hydrogen-bond acceptors (Lipinski definition) is 5. The molecule has 3 nitrogen and oxygen atoms in total. The third-order valence-electron chi connectivity index (χ3n) is 3.29. The Morgan fingerprint density at radius 1 is 1.42 bits per heavy atom. The Hall–Kier alpha value is 0.290. The molecule has 0 rings (SSSR count).